The third-order valence-electron chi connectivity index (χ3n) is 5.06. The van der Waals surface area contributed by atoms with Crippen molar-refractivity contribution in [2.75, 3.05) is 16.8 Å². The second kappa shape index (κ2) is 9.18. The van der Waals surface area contributed by atoms with E-state index in [1.165, 1.54) is 22.8 Å². The maximum atomic E-state index is 13.6. The standard InChI is InChI=1S/C22H17F2IN8O/c1-10(29-19-14(9-26)18(27)31-22(28)32-19)20-30-16-13(6-3-7-15(16)25)21(34)33(20)12-5-2-4-11(8-12)17(23)24/h2-8,10,17H,1H3,(H5,27,28,29,31,32)/t10-/m0/s1. The zero-order valence-electron chi connectivity index (χ0n) is 17.6. The summed E-state index contributed by atoms with van der Waals surface area (Å²) in [6.45, 7) is 1.69. The molecule has 1 atom stereocenters. The number of hydrogen-bond acceptors (Lipinski definition) is 8. The Bertz CT molecular complexity index is 1520. The minimum Gasteiger partial charge on any atom is -0.382 e. The average Bonchev–Trinajstić information content (AvgIpc) is 2.79. The van der Waals surface area contributed by atoms with Gasteiger partial charge in [0, 0.05) is 9.13 Å². The molecule has 0 aliphatic carbocycles. The number of aromatic nitrogens is 4. The minimum atomic E-state index is -2.71. The Hall–Kier alpha value is -3.86. The molecule has 4 rings (SSSR count). The van der Waals surface area contributed by atoms with Gasteiger partial charge in [0.05, 0.1) is 22.6 Å². The maximum absolute atomic E-state index is 13.6. The van der Waals surface area contributed by atoms with Crippen LogP contribution >= 0.6 is 22.6 Å². The molecule has 2 heterocycles. The van der Waals surface area contributed by atoms with Gasteiger partial charge in [-0.2, -0.15) is 15.2 Å². The van der Waals surface area contributed by atoms with E-state index < -0.39 is 18.0 Å². The fraction of sp³-hybridized carbons (Fsp3) is 0.136. The van der Waals surface area contributed by atoms with E-state index in [4.69, 9.17) is 16.5 Å². The molecule has 0 aliphatic heterocycles. The molecule has 2 aromatic heterocycles. The Morgan fingerprint density at radius 2 is 1.88 bits per heavy atom. The van der Waals surface area contributed by atoms with Crippen molar-refractivity contribution >= 4 is 51.1 Å². The van der Waals surface area contributed by atoms with Crippen molar-refractivity contribution in [1.82, 2.24) is 19.5 Å². The van der Waals surface area contributed by atoms with Gasteiger partial charge in [-0.15, -0.1) is 0 Å². The first-order chi connectivity index (χ1) is 16.2. The van der Waals surface area contributed by atoms with Crippen LogP contribution in [0.15, 0.2) is 47.3 Å². The quantitative estimate of drug-likeness (QED) is 0.304. The molecule has 0 aliphatic rings. The Morgan fingerprint density at radius 1 is 1.15 bits per heavy atom. The topological polar surface area (TPSA) is 149 Å². The molecule has 0 bridgehead atoms. The van der Waals surface area contributed by atoms with Crippen molar-refractivity contribution in [2.24, 2.45) is 0 Å². The van der Waals surface area contributed by atoms with Crippen molar-refractivity contribution in [3.05, 3.63) is 73.3 Å². The number of nitrogens with two attached hydrogens (primary N) is 2. The summed E-state index contributed by atoms with van der Waals surface area (Å²) in [4.78, 5) is 26.1. The van der Waals surface area contributed by atoms with Crippen LogP contribution in [0.25, 0.3) is 16.6 Å². The normalized spacial score (nSPS) is 12.0. The summed E-state index contributed by atoms with van der Waals surface area (Å²) >= 11 is 2.07. The van der Waals surface area contributed by atoms with E-state index in [1.807, 2.05) is 6.07 Å². The highest BCUT2D eigenvalue weighted by atomic mass is 127. The number of alkyl halides is 2. The lowest BCUT2D eigenvalue weighted by Crippen LogP contribution is -2.28. The highest BCUT2D eigenvalue weighted by Gasteiger charge is 2.22. The molecule has 5 N–H and O–H groups in total. The van der Waals surface area contributed by atoms with E-state index in [0.717, 1.165) is 3.57 Å². The number of nitrogens with zero attached hydrogens (tertiary/aromatic N) is 5. The number of para-hydroxylation sites is 1. The first kappa shape index (κ1) is 23.3. The van der Waals surface area contributed by atoms with Crippen molar-refractivity contribution in [3.8, 4) is 11.8 Å². The van der Waals surface area contributed by atoms with Gasteiger partial charge in [0.2, 0.25) is 5.95 Å². The molecule has 0 radical (unpaired) electrons. The number of nitrogens with one attached hydrogen (secondary N) is 1. The molecule has 9 nitrogen and oxygen atoms in total. The van der Waals surface area contributed by atoms with E-state index in [2.05, 4.69) is 37.9 Å². The Balaban J connectivity index is 1.96. The third kappa shape index (κ3) is 4.21. The van der Waals surface area contributed by atoms with Crippen LogP contribution in [0.2, 0.25) is 0 Å². The zero-order valence-corrected chi connectivity index (χ0v) is 19.8. The summed E-state index contributed by atoms with van der Waals surface area (Å²) in [6.07, 6.45) is -2.71. The SMILES string of the molecule is C[C@H](Nc1nc(N)nc(N)c1C#N)c1nc2c(I)cccc2c(=O)n1-c1cccc(C(F)F)c1. The number of nitriles is 1. The summed E-state index contributed by atoms with van der Waals surface area (Å²) < 4.78 is 28.8. The number of hydrogen-bond donors (Lipinski definition) is 3. The molecule has 0 saturated carbocycles. The predicted octanol–water partition coefficient (Wildman–Crippen LogP) is 3.93. The van der Waals surface area contributed by atoms with Gasteiger partial charge in [-0.1, -0.05) is 18.2 Å². The van der Waals surface area contributed by atoms with Crippen LogP contribution in [0.4, 0.5) is 26.4 Å². The van der Waals surface area contributed by atoms with Gasteiger partial charge >= 0.3 is 0 Å². The molecular formula is C22H17F2IN8O. The predicted molar refractivity (Wildman–Crippen MR) is 133 cm³/mol. The summed E-state index contributed by atoms with van der Waals surface area (Å²) in [5.41, 5.74) is 11.5. The van der Waals surface area contributed by atoms with Gasteiger partial charge in [0.15, 0.2) is 5.82 Å². The number of halogens is 3. The number of fused-ring (bicyclic) bond motifs is 1. The van der Waals surface area contributed by atoms with Crippen LogP contribution in [0.3, 0.4) is 0 Å². The van der Waals surface area contributed by atoms with Gasteiger partial charge in [-0.05, 0) is 53.8 Å². The fourth-order valence-electron chi connectivity index (χ4n) is 3.51. The van der Waals surface area contributed by atoms with E-state index >= 15 is 0 Å². The van der Waals surface area contributed by atoms with E-state index in [0.29, 0.717) is 10.9 Å². The molecule has 4 aromatic rings. The van der Waals surface area contributed by atoms with Gasteiger partial charge in [-0.25, -0.2) is 13.8 Å². The smallest absolute Gasteiger partial charge is 0.266 e. The van der Waals surface area contributed by atoms with Gasteiger partial charge < -0.3 is 16.8 Å². The molecule has 0 spiro atoms. The lowest BCUT2D eigenvalue weighted by Gasteiger charge is -2.21. The first-order valence-electron chi connectivity index (χ1n) is 9.90. The van der Waals surface area contributed by atoms with Crippen LogP contribution in [-0.4, -0.2) is 19.5 Å². The van der Waals surface area contributed by atoms with Crippen molar-refractivity contribution in [1.29, 1.82) is 5.26 Å². The Labute approximate surface area is 205 Å². The van der Waals surface area contributed by atoms with Crippen molar-refractivity contribution in [2.45, 2.75) is 19.4 Å². The van der Waals surface area contributed by atoms with Crippen LogP contribution < -0.4 is 22.3 Å². The largest absolute Gasteiger partial charge is 0.382 e. The maximum Gasteiger partial charge on any atom is 0.266 e. The molecular weight excluding hydrogens is 557 g/mol. The van der Waals surface area contributed by atoms with Crippen LogP contribution in [0.1, 0.15) is 36.3 Å². The lowest BCUT2D eigenvalue weighted by molar-refractivity contribution is 0.151. The fourth-order valence-corrected chi connectivity index (χ4v) is 4.13. The molecule has 12 heteroatoms. The van der Waals surface area contributed by atoms with Crippen molar-refractivity contribution in [3.63, 3.8) is 0 Å². The monoisotopic (exact) mass is 574 g/mol. The summed E-state index contributed by atoms with van der Waals surface area (Å²) in [5.74, 6) is 0.0275. The minimum absolute atomic E-state index is 0.0231. The van der Waals surface area contributed by atoms with Gasteiger partial charge in [-0.3, -0.25) is 9.36 Å². The summed E-state index contributed by atoms with van der Waals surface area (Å²) in [5, 5.41) is 12.8. The van der Waals surface area contributed by atoms with E-state index in [9.17, 15) is 18.8 Å². The van der Waals surface area contributed by atoms with E-state index in [1.54, 1.807) is 31.2 Å². The second-order valence-electron chi connectivity index (χ2n) is 7.31. The molecule has 0 unspecified atom stereocenters. The van der Waals surface area contributed by atoms with Gasteiger partial charge in [0.1, 0.15) is 23.3 Å². The average molecular weight is 574 g/mol. The van der Waals surface area contributed by atoms with Crippen LogP contribution in [0.5, 0.6) is 0 Å². The molecule has 0 amide bonds. The van der Waals surface area contributed by atoms with E-state index in [-0.39, 0.29) is 40.2 Å². The molecule has 0 fully saturated rings. The molecule has 172 valence electrons. The lowest BCUT2D eigenvalue weighted by atomic mass is 10.1. The first-order valence-corrected chi connectivity index (χ1v) is 11.0. The van der Waals surface area contributed by atoms with Crippen molar-refractivity contribution < 1.29 is 8.78 Å². The second-order valence-corrected chi connectivity index (χ2v) is 8.47. The number of benzene rings is 2. The highest BCUT2D eigenvalue weighted by Crippen LogP contribution is 2.27. The number of anilines is 3. The number of nitrogen functional groups attached to an aromatic ring is 2. The summed E-state index contributed by atoms with van der Waals surface area (Å²) in [7, 11) is 0. The summed E-state index contributed by atoms with van der Waals surface area (Å²) in [6, 6.07) is 11.9. The Kier molecular flexibility index (Phi) is 6.29. The van der Waals surface area contributed by atoms with Crippen LogP contribution in [-0.2, 0) is 0 Å². The number of rotatable bonds is 5. The molecule has 2 aromatic carbocycles. The molecule has 0 saturated heterocycles. The highest BCUT2D eigenvalue weighted by molar-refractivity contribution is 14.1. The zero-order chi connectivity index (χ0) is 24.6. The van der Waals surface area contributed by atoms with Gasteiger partial charge in [0.25, 0.3) is 12.0 Å². The third-order valence-corrected chi connectivity index (χ3v) is 5.93. The molecule has 34 heavy (non-hydrogen) atoms. The van der Waals surface area contributed by atoms with Crippen LogP contribution in [0, 0.1) is 14.9 Å². The Morgan fingerprint density at radius 3 is 2.59 bits per heavy atom.